The molecule has 442 valence electrons. The minimum atomic E-state index is -1.03. The number of thiazole rings is 6. The van der Waals surface area contributed by atoms with Crippen LogP contribution in [0.1, 0.15) is 139 Å². The van der Waals surface area contributed by atoms with Gasteiger partial charge in [0.2, 0.25) is 17.7 Å². The number of aryl methyl sites for hydroxylation is 1. The number of nitrogens with one attached hydrogen (secondary N) is 5. The Bertz CT molecular complexity index is 3770. The third-order valence-electron chi connectivity index (χ3n) is 14.2. The molecule has 1 aromatic carbocycles. The van der Waals surface area contributed by atoms with Gasteiger partial charge in [-0.1, -0.05) is 63.4 Å². The fourth-order valence-electron chi connectivity index (χ4n) is 9.78. The Hall–Kier alpha value is -7.60. The Morgan fingerprint density at radius 1 is 0.706 bits per heavy atom. The molecule has 1 unspecified atom stereocenters. The number of aromatic nitrogens is 7. The molecule has 1 saturated carbocycles. The van der Waals surface area contributed by atoms with E-state index in [1.807, 2.05) is 61.0 Å². The van der Waals surface area contributed by atoms with E-state index in [1.165, 1.54) is 75.7 Å². The van der Waals surface area contributed by atoms with Gasteiger partial charge in [0.15, 0.2) is 0 Å². The summed E-state index contributed by atoms with van der Waals surface area (Å²) in [5.74, 6) is -3.93. The molecule has 6 N–H and O–H groups in total. The number of carboxylic acids is 1. The summed E-state index contributed by atoms with van der Waals surface area (Å²) in [6.07, 6.45) is 4.25. The number of pyridine rings is 1. The highest BCUT2D eigenvalue weighted by Gasteiger charge is 2.33. The number of nitrogens with zero attached hydrogens (tertiary/aromatic N) is 8. The number of ether oxygens (including phenoxy) is 1. The zero-order valence-corrected chi connectivity index (χ0v) is 51.7. The lowest BCUT2D eigenvalue weighted by Crippen LogP contribution is -2.39. The predicted molar refractivity (Wildman–Crippen MR) is 327 cm³/mol. The van der Waals surface area contributed by atoms with E-state index in [-0.39, 0.29) is 60.8 Å². The molecule has 8 heterocycles. The van der Waals surface area contributed by atoms with Crippen LogP contribution in [0.15, 0.2) is 64.0 Å². The van der Waals surface area contributed by atoms with Crippen molar-refractivity contribution in [3.05, 3.63) is 111 Å². The van der Waals surface area contributed by atoms with Gasteiger partial charge in [-0.05, 0) is 49.8 Å². The third-order valence-corrected chi connectivity index (χ3v) is 19.9. The number of anilines is 1. The molecule has 0 spiro atoms. The smallest absolute Gasteiger partial charge is 0.305 e. The molecule has 3 atom stereocenters. The number of benzene rings is 1. The molecule has 22 nitrogen and oxygen atoms in total. The normalized spacial score (nSPS) is 17.1. The van der Waals surface area contributed by atoms with Crippen LogP contribution in [-0.4, -0.2) is 109 Å². The third kappa shape index (κ3) is 14.2. The molecule has 0 saturated heterocycles. The van der Waals surface area contributed by atoms with Crippen molar-refractivity contribution in [3.8, 4) is 43.4 Å². The van der Waals surface area contributed by atoms with Gasteiger partial charge < -0.3 is 36.4 Å². The summed E-state index contributed by atoms with van der Waals surface area (Å²) >= 11 is 7.47. The maximum atomic E-state index is 14.4. The molecule has 8 aromatic rings. The molecule has 1 fully saturated rings. The van der Waals surface area contributed by atoms with E-state index < -0.39 is 60.2 Å². The fourth-order valence-corrected chi connectivity index (χ4v) is 15.3. The van der Waals surface area contributed by atoms with Crippen LogP contribution in [0.2, 0.25) is 0 Å². The van der Waals surface area contributed by atoms with Crippen molar-refractivity contribution in [3.63, 3.8) is 0 Å². The SMILES string of the molecule is CNC(=O)C[C@@H]1NC(=O)c2csc(n2)-c2ccc(-c3nc(N(CCC(=O)O)C(=O)C4CCCCC4)cs3)nc2-c2csc(n2)-c2csc(n2)[C@H](Cc2ccccc2)NC(=O)CNC(=O)c2nc(sc2COC)C(C(C)C)NC(=O)c2nc1sc2C. The minimum Gasteiger partial charge on any atom is -0.481 e. The molecule has 10 bridgehead atoms. The molecule has 1 aliphatic carbocycles. The van der Waals surface area contributed by atoms with Crippen molar-refractivity contribution >= 4 is 115 Å². The number of hydrogen-bond donors (Lipinski definition) is 6. The average molecular weight is 1260 g/mol. The monoisotopic (exact) mass is 1260 g/mol. The van der Waals surface area contributed by atoms with Crippen LogP contribution in [0.25, 0.3) is 43.4 Å². The summed E-state index contributed by atoms with van der Waals surface area (Å²) in [6.45, 7) is 5.11. The van der Waals surface area contributed by atoms with Crippen LogP contribution in [-0.2, 0) is 36.9 Å². The highest BCUT2D eigenvalue weighted by atomic mass is 32.1. The lowest BCUT2D eigenvalue weighted by atomic mass is 9.88. The van der Waals surface area contributed by atoms with E-state index >= 15 is 0 Å². The number of fused-ring (bicyclic) bond motifs is 14. The standard InChI is InChI=1S/C57H59N13O9S6/c1-28(2)44-56-69-47(39(85-56)23-79-5)49(76)59-22-42(72)60-34(20-30-12-8-6-9-13-30)53-65-38(26-82-53)54-63-36(24-81-54)46-32(16-17-33(61-46)52-66-40(27-83-52)70(19-18-43(73)74)57(78)31-14-10-7-11-15-31)51-64-37(25-80-51)48(75)62-35(21-41(71)58-4)55-68-45(29(3)84-55)50(77)67-44/h6,8-9,12-13,16-17,24-28,31,34-35,44H,7,10-11,14-15,18-23H2,1-5H3,(H,58,71)(H,59,76)(H,60,72)(H,62,75)(H,67,77)(H,73,74)/t34-,35-,44?/m0/s1. The number of carbonyl (C=O) groups excluding carboxylic acids is 6. The highest BCUT2D eigenvalue weighted by Crippen LogP contribution is 2.40. The van der Waals surface area contributed by atoms with E-state index in [2.05, 4.69) is 26.6 Å². The summed E-state index contributed by atoms with van der Waals surface area (Å²) in [7, 11) is 2.97. The van der Waals surface area contributed by atoms with Gasteiger partial charge in [-0.2, -0.15) is 0 Å². The number of aliphatic carboxylic acids is 1. The van der Waals surface area contributed by atoms with Gasteiger partial charge >= 0.3 is 5.97 Å². The second-order valence-corrected chi connectivity index (χ2v) is 26.3. The number of amides is 6. The van der Waals surface area contributed by atoms with Crippen LogP contribution in [0, 0.1) is 18.8 Å². The average Bonchev–Trinajstić information content (AvgIpc) is 3.39. The van der Waals surface area contributed by atoms with Gasteiger partial charge in [0.25, 0.3) is 17.7 Å². The van der Waals surface area contributed by atoms with E-state index in [0.717, 1.165) is 49.0 Å². The largest absolute Gasteiger partial charge is 0.481 e. The van der Waals surface area contributed by atoms with Gasteiger partial charge in [0.1, 0.15) is 70.0 Å². The summed E-state index contributed by atoms with van der Waals surface area (Å²) in [4.78, 5) is 132. The highest BCUT2D eigenvalue weighted by molar-refractivity contribution is 7.15. The van der Waals surface area contributed by atoms with Crippen molar-refractivity contribution in [2.75, 3.05) is 32.1 Å². The fraction of sp³-hybridized carbons (Fsp3) is 0.368. The topological polar surface area (TPSA) is 303 Å². The van der Waals surface area contributed by atoms with E-state index in [4.69, 9.17) is 39.6 Å². The van der Waals surface area contributed by atoms with Crippen LogP contribution < -0.4 is 31.5 Å². The molecule has 85 heavy (non-hydrogen) atoms. The Labute approximate surface area is 512 Å². The zero-order valence-electron chi connectivity index (χ0n) is 46.8. The summed E-state index contributed by atoms with van der Waals surface area (Å²) in [5.41, 5.74) is 3.42. The molecular weight excluding hydrogens is 1200 g/mol. The lowest BCUT2D eigenvalue weighted by molar-refractivity contribution is -0.136. The maximum Gasteiger partial charge on any atom is 0.305 e. The number of methoxy groups -OCH3 is 1. The maximum absolute atomic E-state index is 14.4. The number of hydrogen-bond acceptors (Lipinski definition) is 21. The van der Waals surface area contributed by atoms with Gasteiger partial charge in [0, 0.05) is 58.6 Å². The van der Waals surface area contributed by atoms with Gasteiger partial charge in [-0.3, -0.25) is 38.5 Å². The Kier molecular flexibility index (Phi) is 19.4. The van der Waals surface area contributed by atoms with Gasteiger partial charge in [0.05, 0.1) is 54.7 Å². The van der Waals surface area contributed by atoms with Crippen molar-refractivity contribution < 1.29 is 43.4 Å². The summed E-state index contributed by atoms with van der Waals surface area (Å²) < 4.78 is 5.47. The van der Waals surface area contributed by atoms with E-state index in [0.29, 0.717) is 80.4 Å². The molecular formula is C57H59N13O9S6. The summed E-state index contributed by atoms with van der Waals surface area (Å²) in [6, 6.07) is 10.9. The Morgan fingerprint density at radius 2 is 1.42 bits per heavy atom. The zero-order chi connectivity index (χ0) is 59.9. The molecule has 1 aliphatic heterocycles. The van der Waals surface area contributed by atoms with Crippen LogP contribution in [0.5, 0.6) is 0 Å². The number of carboxylic acid groups (broad SMARTS) is 1. The molecule has 28 heteroatoms. The quantitative estimate of drug-likeness (QED) is 0.0627. The first-order valence-corrected chi connectivity index (χ1v) is 32.5. The molecule has 2 aliphatic rings. The minimum absolute atomic E-state index is 0.0340. The molecule has 0 radical (unpaired) electrons. The molecule has 10 rings (SSSR count). The number of carbonyl (C=O) groups is 7. The first kappa shape index (κ1) is 60.5. The van der Waals surface area contributed by atoms with Gasteiger partial charge in [-0.25, -0.2) is 34.9 Å². The lowest BCUT2D eigenvalue weighted by Gasteiger charge is -2.27. The van der Waals surface area contributed by atoms with Gasteiger partial charge in [-0.15, -0.1) is 68.0 Å². The first-order valence-electron chi connectivity index (χ1n) is 27.3. The summed E-state index contributed by atoms with van der Waals surface area (Å²) in [5, 5.41) is 33.9. The van der Waals surface area contributed by atoms with E-state index in [1.54, 1.807) is 23.8 Å². The first-order chi connectivity index (χ1) is 41.0. The second kappa shape index (κ2) is 27.2. The van der Waals surface area contributed by atoms with Crippen molar-refractivity contribution in [2.24, 2.45) is 11.8 Å². The second-order valence-electron chi connectivity index (χ2n) is 20.5. The molecule has 6 amide bonds. The Morgan fingerprint density at radius 3 is 2.18 bits per heavy atom. The number of rotatable bonds is 13. The Balaban J connectivity index is 1.05. The predicted octanol–water partition coefficient (Wildman–Crippen LogP) is 9.21. The van der Waals surface area contributed by atoms with Crippen molar-refractivity contribution in [2.45, 2.75) is 96.9 Å². The van der Waals surface area contributed by atoms with Crippen molar-refractivity contribution in [1.29, 1.82) is 0 Å². The van der Waals surface area contributed by atoms with Crippen LogP contribution in [0.3, 0.4) is 0 Å². The van der Waals surface area contributed by atoms with E-state index in [9.17, 15) is 38.7 Å². The van der Waals surface area contributed by atoms with Crippen LogP contribution in [0.4, 0.5) is 5.82 Å². The van der Waals surface area contributed by atoms with Crippen molar-refractivity contribution in [1.82, 2.24) is 61.5 Å². The molecule has 7 aromatic heterocycles. The van der Waals surface area contributed by atoms with Crippen LogP contribution >= 0.6 is 68.0 Å².